The van der Waals surface area contributed by atoms with E-state index >= 15 is 0 Å². The van der Waals surface area contributed by atoms with Gasteiger partial charge < -0.3 is 9.47 Å². The summed E-state index contributed by atoms with van der Waals surface area (Å²) >= 11 is 5.93. The minimum absolute atomic E-state index is 0.422. The van der Waals surface area contributed by atoms with Crippen LogP contribution in [-0.4, -0.2) is 13.2 Å². The summed E-state index contributed by atoms with van der Waals surface area (Å²) in [7, 11) is 0. The van der Waals surface area contributed by atoms with Gasteiger partial charge in [0.05, 0.1) is 23.8 Å². The average Bonchev–Trinajstić information content (AvgIpc) is 2.23. The molecule has 15 heavy (non-hydrogen) atoms. The lowest BCUT2D eigenvalue weighted by atomic mass is 10.2. The van der Waals surface area contributed by atoms with Gasteiger partial charge in [0.25, 0.3) is 0 Å². The van der Waals surface area contributed by atoms with Crippen molar-refractivity contribution in [1.82, 2.24) is 0 Å². The third kappa shape index (κ3) is 2.77. The molecule has 1 aromatic rings. The van der Waals surface area contributed by atoms with Gasteiger partial charge in [-0.2, -0.15) is 5.26 Å². The quantitative estimate of drug-likeness (QED) is 0.791. The first-order valence-electron chi connectivity index (χ1n) is 4.72. The highest BCUT2D eigenvalue weighted by molar-refractivity contribution is 6.32. The summed E-state index contributed by atoms with van der Waals surface area (Å²) in [5.74, 6) is 1.05. The fourth-order valence-corrected chi connectivity index (χ4v) is 1.38. The highest BCUT2D eigenvalue weighted by Gasteiger charge is 2.09. The topological polar surface area (TPSA) is 42.2 Å². The van der Waals surface area contributed by atoms with Gasteiger partial charge in [0, 0.05) is 6.07 Å². The molecule has 0 saturated carbocycles. The summed E-state index contributed by atoms with van der Waals surface area (Å²) in [4.78, 5) is 0. The molecule has 0 atom stereocenters. The summed E-state index contributed by atoms with van der Waals surface area (Å²) in [6.45, 7) is 4.75. The summed E-state index contributed by atoms with van der Waals surface area (Å²) in [6, 6.07) is 5.23. The number of ether oxygens (including phenoxy) is 2. The zero-order chi connectivity index (χ0) is 11.3. The lowest BCUT2D eigenvalue weighted by molar-refractivity contribution is 0.322. The zero-order valence-electron chi connectivity index (χ0n) is 8.71. The molecule has 1 rings (SSSR count). The van der Waals surface area contributed by atoms with Gasteiger partial charge in [0.1, 0.15) is 17.6 Å². The predicted molar refractivity (Wildman–Crippen MR) is 58.5 cm³/mol. The molecule has 4 heteroatoms. The first kappa shape index (κ1) is 11.7. The van der Waals surface area contributed by atoms with E-state index in [0.717, 1.165) is 0 Å². The van der Waals surface area contributed by atoms with E-state index in [2.05, 4.69) is 0 Å². The van der Waals surface area contributed by atoms with Crippen molar-refractivity contribution < 1.29 is 9.47 Å². The number of nitrogens with zero attached hydrogens (tertiary/aromatic N) is 1. The molecule has 1 aromatic carbocycles. The number of hydrogen-bond donors (Lipinski definition) is 0. The lowest BCUT2D eigenvalue weighted by Gasteiger charge is -2.10. The van der Waals surface area contributed by atoms with E-state index in [1.54, 1.807) is 12.1 Å². The molecule has 0 amide bonds. The number of benzene rings is 1. The third-order valence-electron chi connectivity index (χ3n) is 1.75. The Morgan fingerprint density at radius 3 is 2.33 bits per heavy atom. The van der Waals surface area contributed by atoms with Crippen molar-refractivity contribution >= 4 is 11.6 Å². The Kier molecular flexibility index (Phi) is 4.26. The second-order valence-electron chi connectivity index (χ2n) is 2.76. The Balaban J connectivity index is 3.13. The molecule has 80 valence electrons. The van der Waals surface area contributed by atoms with Crippen LogP contribution in [0.15, 0.2) is 12.1 Å². The first-order chi connectivity index (χ1) is 7.22. The zero-order valence-corrected chi connectivity index (χ0v) is 9.47. The number of nitriles is 1. The Bertz CT molecular complexity index is 385. The molecule has 0 heterocycles. The van der Waals surface area contributed by atoms with E-state index in [-0.39, 0.29) is 0 Å². The van der Waals surface area contributed by atoms with Crippen LogP contribution in [0.5, 0.6) is 11.5 Å². The third-order valence-corrected chi connectivity index (χ3v) is 2.05. The molecule has 0 aliphatic rings. The summed E-state index contributed by atoms with van der Waals surface area (Å²) in [5.41, 5.74) is 0.422. The van der Waals surface area contributed by atoms with E-state index in [4.69, 9.17) is 26.3 Å². The van der Waals surface area contributed by atoms with Gasteiger partial charge in [0.2, 0.25) is 0 Å². The predicted octanol–water partition coefficient (Wildman–Crippen LogP) is 3.01. The van der Waals surface area contributed by atoms with Gasteiger partial charge in [-0.3, -0.25) is 0 Å². The first-order valence-corrected chi connectivity index (χ1v) is 5.10. The van der Waals surface area contributed by atoms with Crippen molar-refractivity contribution in [3.63, 3.8) is 0 Å². The van der Waals surface area contributed by atoms with Crippen molar-refractivity contribution in [2.45, 2.75) is 13.8 Å². The fraction of sp³-hybridized carbons (Fsp3) is 0.364. The van der Waals surface area contributed by atoms with Gasteiger partial charge in [0.15, 0.2) is 0 Å². The Morgan fingerprint density at radius 2 is 1.80 bits per heavy atom. The van der Waals surface area contributed by atoms with Crippen LogP contribution >= 0.6 is 11.6 Å². The maximum absolute atomic E-state index is 8.86. The van der Waals surface area contributed by atoms with Gasteiger partial charge in [-0.25, -0.2) is 0 Å². The van der Waals surface area contributed by atoms with Crippen LogP contribution in [-0.2, 0) is 0 Å². The summed E-state index contributed by atoms with van der Waals surface area (Å²) in [6.07, 6.45) is 0. The maximum Gasteiger partial charge on any atom is 0.141 e. The van der Waals surface area contributed by atoms with Crippen molar-refractivity contribution in [3.05, 3.63) is 22.7 Å². The number of hydrogen-bond acceptors (Lipinski definition) is 3. The van der Waals surface area contributed by atoms with Crippen molar-refractivity contribution in [2.24, 2.45) is 0 Å². The van der Waals surface area contributed by atoms with Crippen LogP contribution in [0.2, 0.25) is 5.02 Å². The summed E-state index contributed by atoms with van der Waals surface area (Å²) < 4.78 is 10.6. The SMILES string of the molecule is CCOc1cc(OCC)c(C#N)cc1Cl. The second-order valence-corrected chi connectivity index (χ2v) is 3.16. The van der Waals surface area contributed by atoms with Crippen molar-refractivity contribution in [2.75, 3.05) is 13.2 Å². The highest BCUT2D eigenvalue weighted by atomic mass is 35.5. The molecule has 0 radical (unpaired) electrons. The minimum atomic E-state index is 0.422. The van der Waals surface area contributed by atoms with E-state index in [1.807, 2.05) is 19.9 Å². The Morgan fingerprint density at radius 1 is 1.20 bits per heavy atom. The van der Waals surface area contributed by atoms with Crippen molar-refractivity contribution in [3.8, 4) is 17.6 Å². The molecule has 0 fully saturated rings. The largest absolute Gasteiger partial charge is 0.492 e. The second kappa shape index (κ2) is 5.47. The van der Waals surface area contributed by atoms with Gasteiger partial charge in [-0.1, -0.05) is 11.6 Å². The summed E-state index contributed by atoms with van der Waals surface area (Å²) in [5, 5.41) is 9.29. The van der Waals surface area contributed by atoms with Crippen LogP contribution in [0.1, 0.15) is 19.4 Å². The molecule has 0 aliphatic heterocycles. The van der Waals surface area contributed by atoms with Crippen LogP contribution < -0.4 is 9.47 Å². The number of halogens is 1. The standard InChI is InChI=1S/C11H12ClNO2/c1-3-14-10-6-11(15-4-2)9(12)5-8(10)7-13/h5-6H,3-4H2,1-2H3. The van der Waals surface area contributed by atoms with E-state index < -0.39 is 0 Å². The van der Waals surface area contributed by atoms with Gasteiger partial charge >= 0.3 is 0 Å². The van der Waals surface area contributed by atoms with Crippen LogP contribution in [0, 0.1) is 11.3 Å². The molecule has 0 N–H and O–H groups in total. The molecular weight excluding hydrogens is 214 g/mol. The minimum Gasteiger partial charge on any atom is -0.492 e. The molecule has 0 spiro atoms. The molecule has 0 aliphatic carbocycles. The lowest BCUT2D eigenvalue weighted by Crippen LogP contribution is -1.98. The van der Waals surface area contributed by atoms with Crippen LogP contribution in [0.3, 0.4) is 0 Å². The van der Waals surface area contributed by atoms with Gasteiger partial charge in [-0.15, -0.1) is 0 Å². The van der Waals surface area contributed by atoms with Gasteiger partial charge in [-0.05, 0) is 19.9 Å². The number of rotatable bonds is 4. The molecule has 3 nitrogen and oxygen atoms in total. The highest BCUT2D eigenvalue weighted by Crippen LogP contribution is 2.32. The molecule has 0 aromatic heterocycles. The normalized spacial score (nSPS) is 9.47. The van der Waals surface area contributed by atoms with Crippen molar-refractivity contribution in [1.29, 1.82) is 5.26 Å². The Labute approximate surface area is 94.2 Å². The Hall–Kier alpha value is -1.40. The van der Waals surface area contributed by atoms with Crippen LogP contribution in [0.25, 0.3) is 0 Å². The molecular formula is C11H12ClNO2. The van der Waals surface area contributed by atoms with E-state index in [0.29, 0.717) is 35.3 Å². The average molecular weight is 226 g/mol. The molecule has 0 saturated heterocycles. The maximum atomic E-state index is 8.86. The van der Waals surface area contributed by atoms with E-state index in [9.17, 15) is 0 Å². The molecule has 0 bridgehead atoms. The smallest absolute Gasteiger partial charge is 0.141 e. The molecule has 0 unspecified atom stereocenters. The monoisotopic (exact) mass is 225 g/mol. The van der Waals surface area contributed by atoms with Crippen LogP contribution in [0.4, 0.5) is 0 Å². The fourth-order valence-electron chi connectivity index (χ4n) is 1.16. The van der Waals surface area contributed by atoms with E-state index in [1.165, 1.54) is 0 Å².